The van der Waals surface area contributed by atoms with Crippen molar-refractivity contribution in [2.24, 2.45) is 0 Å². The Labute approximate surface area is 134 Å². The molecular formula is C15H9BrCl2N2. The maximum atomic E-state index is 6.27. The Bertz CT molecular complexity index is 818. The van der Waals surface area contributed by atoms with Gasteiger partial charge in [-0.15, -0.1) is 0 Å². The second kappa shape index (κ2) is 5.32. The molecule has 2 aromatic carbocycles. The highest BCUT2D eigenvalue weighted by molar-refractivity contribution is 9.10. The van der Waals surface area contributed by atoms with Gasteiger partial charge >= 0.3 is 0 Å². The van der Waals surface area contributed by atoms with Crippen LogP contribution in [-0.4, -0.2) is 9.97 Å². The molecule has 0 bridgehead atoms. The molecule has 0 unspecified atom stereocenters. The highest BCUT2D eigenvalue weighted by Gasteiger charge is 2.12. The van der Waals surface area contributed by atoms with Crippen LogP contribution in [0.3, 0.4) is 0 Å². The van der Waals surface area contributed by atoms with Crippen LogP contribution in [0.5, 0.6) is 0 Å². The number of rotatable bonds is 1. The quantitative estimate of drug-likeness (QED) is 0.517. The van der Waals surface area contributed by atoms with E-state index in [9.17, 15) is 0 Å². The Kier molecular flexibility index (Phi) is 3.67. The number of halogens is 3. The van der Waals surface area contributed by atoms with Crippen molar-refractivity contribution in [3.63, 3.8) is 0 Å². The third-order valence-electron chi connectivity index (χ3n) is 3.14. The molecule has 2 nitrogen and oxygen atoms in total. The summed E-state index contributed by atoms with van der Waals surface area (Å²) in [5, 5.41) is 1.95. The van der Waals surface area contributed by atoms with Crippen LogP contribution < -0.4 is 0 Å². The lowest BCUT2D eigenvalue weighted by molar-refractivity contribution is 1.21. The molecule has 0 atom stereocenters. The topological polar surface area (TPSA) is 25.8 Å². The number of para-hydroxylation sites is 1. The highest BCUT2D eigenvalue weighted by Crippen LogP contribution is 2.31. The van der Waals surface area contributed by atoms with Crippen LogP contribution in [0.25, 0.3) is 22.3 Å². The van der Waals surface area contributed by atoms with Gasteiger partial charge in [0.1, 0.15) is 5.15 Å². The lowest BCUT2D eigenvalue weighted by atomic mass is 10.1. The van der Waals surface area contributed by atoms with Gasteiger partial charge < -0.3 is 0 Å². The Balaban J connectivity index is 2.33. The maximum absolute atomic E-state index is 6.27. The molecule has 3 rings (SSSR count). The average Bonchev–Trinajstić information content (AvgIpc) is 2.43. The van der Waals surface area contributed by atoms with Gasteiger partial charge in [0.15, 0.2) is 5.82 Å². The summed E-state index contributed by atoms with van der Waals surface area (Å²) in [5.74, 6) is 0.578. The monoisotopic (exact) mass is 366 g/mol. The molecule has 0 saturated carbocycles. The van der Waals surface area contributed by atoms with Gasteiger partial charge in [-0.3, -0.25) is 0 Å². The molecule has 0 aliphatic heterocycles. The number of hydrogen-bond donors (Lipinski definition) is 0. The summed E-state index contributed by atoms with van der Waals surface area (Å²) < 4.78 is 0.889. The van der Waals surface area contributed by atoms with E-state index in [1.165, 1.54) is 0 Å². The summed E-state index contributed by atoms with van der Waals surface area (Å²) >= 11 is 15.9. The molecule has 0 aliphatic rings. The molecule has 5 heteroatoms. The molecule has 0 fully saturated rings. The Morgan fingerprint density at radius 1 is 1.00 bits per heavy atom. The van der Waals surface area contributed by atoms with E-state index in [0.29, 0.717) is 16.0 Å². The van der Waals surface area contributed by atoms with Gasteiger partial charge in [0, 0.05) is 20.4 Å². The van der Waals surface area contributed by atoms with E-state index < -0.39 is 0 Å². The van der Waals surface area contributed by atoms with Crippen LogP contribution in [0.2, 0.25) is 10.2 Å². The zero-order valence-corrected chi connectivity index (χ0v) is 13.6. The second-order valence-electron chi connectivity index (χ2n) is 4.39. The van der Waals surface area contributed by atoms with Crippen molar-refractivity contribution in [2.75, 3.05) is 0 Å². The minimum absolute atomic E-state index is 0.436. The average molecular weight is 368 g/mol. The van der Waals surface area contributed by atoms with Gasteiger partial charge in [0.25, 0.3) is 0 Å². The minimum atomic E-state index is 0.436. The first-order valence-corrected chi connectivity index (χ1v) is 7.50. The molecule has 0 N–H and O–H groups in total. The lowest BCUT2D eigenvalue weighted by Crippen LogP contribution is -1.94. The van der Waals surface area contributed by atoms with Crippen molar-refractivity contribution in [3.05, 3.63) is 56.6 Å². The van der Waals surface area contributed by atoms with Crippen LogP contribution in [0.4, 0.5) is 0 Å². The van der Waals surface area contributed by atoms with Crippen LogP contribution in [0.1, 0.15) is 5.56 Å². The van der Waals surface area contributed by atoms with Crippen molar-refractivity contribution >= 4 is 50.0 Å². The summed E-state index contributed by atoms with van der Waals surface area (Å²) in [6, 6.07) is 11.4. The molecule has 3 aromatic rings. The Hall–Kier alpha value is -1.16. The van der Waals surface area contributed by atoms with E-state index in [-0.39, 0.29) is 0 Å². The Morgan fingerprint density at radius 3 is 2.55 bits per heavy atom. The molecule has 0 saturated heterocycles. The summed E-state index contributed by atoms with van der Waals surface area (Å²) in [7, 11) is 0. The lowest BCUT2D eigenvalue weighted by Gasteiger charge is -2.09. The first kappa shape index (κ1) is 13.8. The third kappa shape index (κ3) is 2.30. The molecular weight excluding hydrogens is 359 g/mol. The van der Waals surface area contributed by atoms with Crippen molar-refractivity contribution < 1.29 is 0 Å². The van der Waals surface area contributed by atoms with Crippen LogP contribution in [-0.2, 0) is 0 Å². The zero-order chi connectivity index (χ0) is 14.3. The van der Waals surface area contributed by atoms with Gasteiger partial charge in [0.05, 0.1) is 5.52 Å². The minimum Gasteiger partial charge on any atom is -0.227 e. The Morgan fingerprint density at radius 2 is 1.75 bits per heavy atom. The van der Waals surface area contributed by atoms with E-state index >= 15 is 0 Å². The molecule has 0 radical (unpaired) electrons. The predicted octanol–water partition coefficient (Wildman–Crippen LogP) is 5.67. The smallest absolute Gasteiger partial charge is 0.161 e. The predicted molar refractivity (Wildman–Crippen MR) is 87.4 cm³/mol. The number of fused-ring (bicyclic) bond motifs is 1. The van der Waals surface area contributed by atoms with Gasteiger partial charge in [-0.25, -0.2) is 9.97 Å². The number of benzene rings is 2. The fraction of sp³-hybridized carbons (Fsp3) is 0.0667. The van der Waals surface area contributed by atoms with Crippen molar-refractivity contribution in [1.29, 1.82) is 0 Å². The highest BCUT2D eigenvalue weighted by atomic mass is 79.9. The van der Waals surface area contributed by atoms with Gasteiger partial charge in [0.2, 0.25) is 0 Å². The van der Waals surface area contributed by atoms with Gasteiger partial charge in [-0.2, -0.15) is 0 Å². The molecule has 20 heavy (non-hydrogen) atoms. The van der Waals surface area contributed by atoms with E-state index in [1.807, 2.05) is 43.3 Å². The van der Waals surface area contributed by atoms with Crippen molar-refractivity contribution in [1.82, 2.24) is 9.97 Å². The van der Waals surface area contributed by atoms with E-state index in [4.69, 9.17) is 23.2 Å². The zero-order valence-electron chi connectivity index (χ0n) is 10.5. The molecule has 0 amide bonds. The normalized spacial score (nSPS) is 11.0. The molecule has 100 valence electrons. The maximum Gasteiger partial charge on any atom is 0.161 e. The second-order valence-corrected chi connectivity index (χ2v) is 6.01. The standard InChI is InChI=1S/C15H9BrCl2N2/c1-8-9(4-3-7-12(8)17)15-19-13-10(14(18)20-15)5-2-6-11(13)16/h2-7H,1H3. The SMILES string of the molecule is Cc1c(Cl)cccc1-c1nc(Cl)c2cccc(Br)c2n1. The fourth-order valence-corrected chi connectivity index (χ4v) is 2.91. The molecule has 1 aromatic heterocycles. The number of hydrogen-bond acceptors (Lipinski definition) is 2. The van der Waals surface area contributed by atoms with Crippen LogP contribution >= 0.6 is 39.1 Å². The molecule has 0 spiro atoms. The van der Waals surface area contributed by atoms with E-state index in [1.54, 1.807) is 0 Å². The third-order valence-corrected chi connectivity index (χ3v) is 4.48. The molecule has 0 aliphatic carbocycles. The summed E-state index contributed by atoms with van der Waals surface area (Å²) in [5.41, 5.74) is 2.62. The fourth-order valence-electron chi connectivity index (χ4n) is 2.05. The van der Waals surface area contributed by atoms with E-state index in [0.717, 1.165) is 26.5 Å². The van der Waals surface area contributed by atoms with Crippen LogP contribution in [0, 0.1) is 6.92 Å². The van der Waals surface area contributed by atoms with Gasteiger partial charge in [-0.05, 0) is 46.6 Å². The van der Waals surface area contributed by atoms with Gasteiger partial charge in [-0.1, -0.05) is 41.4 Å². The first-order valence-electron chi connectivity index (χ1n) is 5.95. The van der Waals surface area contributed by atoms with Crippen molar-refractivity contribution in [2.45, 2.75) is 6.92 Å². The largest absolute Gasteiger partial charge is 0.227 e. The molecule has 1 heterocycles. The number of nitrogens with zero attached hydrogens (tertiary/aromatic N) is 2. The van der Waals surface area contributed by atoms with Crippen LogP contribution in [0.15, 0.2) is 40.9 Å². The summed E-state index contributed by atoms with van der Waals surface area (Å²) in [6.07, 6.45) is 0. The van der Waals surface area contributed by atoms with Crippen molar-refractivity contribution in [3.8, 4) is 11.4 Å². The first-order chi connectivity index (χ1) is 9.58. The summed E-state index contributed by atoms with van der Waals surface area (Å²) in [4.78, 5) is 9.00. The summed E-state index contributed by atoms with van der Waals surface area (Å²) in [6.45, 7) is 1.94. The van der Waals surface area contributed by atoms with E-state index in [2.05, 4.69) is 25.9 Å². The number of aromatic nitrogens is 2.